The zero-order chi connectivity index (χ0) is 17.3. The van der Waals surface area contributed by atoms with Crippen molar-refractivity contribution < 1.29 is 9.53 Å². The molecule has 0 bridgehead atoms. The van der Waals surface area contributed by atoms with Crippen molar-refractivity contribution in [2.75, 3.05) is 22.9 Å². The monoisotopic (exact) mass is 362 g/mol. The zero-order valence-electron chi connectivity index (χ0n) is 13.8. The first kappa shape index (κ1) is 17.0. The van der Waals surface area contributed by atoms with Crippen LogP contribution in [0.5, 0.6) is 5.75 Å². The number of nitrogens with zero attached hydrogens (tertiary/aromatic N) is 2. The van der Waals surface area contributed by atoms with Crippen LogP contribution in [0, 0.1) is 5.92 Å². The summed E-state index contributed by atoms with van der Waals surface area (Å²) in [5, 5.41) is 0.647. The average molecular weight is 363 g/mol. The standard InChI is InChI=1S/C18H19ClN2O2S/c1-12(2)11-23-15-8-9-17-16(10-15)20(3)18(22)21(24-17)14-6-4-13(19)5-7-14/h4-10,12H,11H2,1-3H3. The average Bonchev–Trinajstić information content (AvgIpc) is 2.57. The maximum Gasteiger partial charge on any atom is 0.339 e. The maximum atomic E-state index is 12.7. The summed E-state index contributed by atoms with van der Waals surface area (Å²) in [6, 6.07) is 13.0. The van der Waals surface area contributed by atoms with E-state index < -0.39 is 0 Å². The van der Waals surface area contributed by atoms with Crippen LogP contribution in [0.2, 0.25) is 5.02 Å². The summed E-state index contributed by atoms with van der Waals surface area (Å²) in [5.74, 6) is 1.23. The number of halogens is 1. The van der Waals surface area contributed by atoms with Crippen LogP contribution in [0.25, 0.3) is 0 Å². The Morgan fingerprint density at radius 2 is 1.88 bits per heavy atom. The lowest BCUT2D eigenvalue weighted by Gasteiger charge is -2.33. The molecule has 0 atom stereocenters. The first-order valence-electron chi connectivity index (χ1n) is 7.74. The van der Waals surface area contributed by atoms with E-state index in [9.17, 15) is 4.79 Å². The molecule has 0 fully saturated rings. The lowest BCUT2D eigenvalue weighted by atomic mass is 10.2. The third-order valence-electron chi connectivity index (χ3n) is 3.59. The fraction of sp³-hybridized carbons (Fsp3) is 0.278. The van der Waals surface area contributed by atoms with Crippen LogP contribution in [-0.2, 0) is 0 Å². The van der Waals surface area contributed by atoms with Gasteiger partial charge in [-0.15, -0.1) is 0 Å². The highest BCUT2D eigenvalue weighted by molar-refractivity contribution is 8.01. The first-order chi connectivity index (χ1) is 11.5. The SMILES string of the molecule is CC(C)COc1ccc2c(c1)N(C)C(=O)N(c1ccc(Cl)cc1)S2. The molecule has 2 amide bonds. The number of rotatable bonds is 4. The Morgan fingerprint density at radius 3 is 2.54 bits per heavy atom. The molecule has 0 N–H and O–H groups in total. The topological polar surface area (TPSA) is 32.8 Å². The molecule has 6 heteroatoms. The van der Waals surface area contributed by atoms with Crippen molar-refractivity contribution in [2.24, 2.45) is 5.92 Å². The molecule has 1 aliphatic rings. The lowest BCUT2D eigenvalue weighted by molar-refractivity contribution is 0.255. The largest absolute Gasteiger partial charge is 0.493 e. The molecule has 1 heterocycles. The van der Waals surface area contributed by atoms with Crippen molar-refractivity contribution in [3.63, 3.8) is 0 Å². The van der Waals surface area contributed by atoms with Gasteiger partial charge in [0.25, 0.3) is 0 Å². The third kappa shape index (κ3) is 3.47. The van der Waals surface area contributed by atoms with Gasteiger partial charge in [0.1, 0.15) is 5.75 Å². The predicted molar refractivity (Wildman–Crippen MR) is 100 cm³/mol. The summed E-state index contributed by atoms with van der Waals surface area (Å²) in [6.07, 6.45) is 0. The summed E-state index contributed by atoms with van der Waals surface area (Å²) in [4.78, 5) is 15.4. The van der Waals surface area contributed by atoms with Gasteiger partial charge >= 0.3 is 6.03 Å². The van der Waals surface area contributed by atoms with Gasteiger partial charge in [-0.2, -0.15) is 0 Å². The Labute approximate surface area is 151 Å². The minimum absolute atomic E-state index is 0.101. The van der Waals surface area contributed by atoms with E-state index in [1.165, 1.54) is 11.9 Å². The van der Waals surface area contributed by atoms with E-state index >= 15 is 0 Å². The summed E-state index contributed by atoms with van der Waals surface area (Å²) >= 11 is 7.34. The van der Waals surface area contributed by atoms with Crippen molar-refractivity contribution in [1.29, 1.82) is 0 Å². The molecule has 2 aromatic carbocycles. The van der Waals surface area contributed by atoms with E-state index in [-0.39, 0.29) is 6.03 Å². The molecule has 0 radical (unpaired) electrons. The Morgan fingerprint density at radius 1 is 1.17 bits per heavy atom. The zero-order valence-corrected chi connectivity index (χ0v) is 15.4. The number of amides is 2. The van der Waals surface area contributed by atoms with Crippen molar-refractivity contribution in [2.45, 2.75) is 18.7 Å². The van der Waals surface area contributed by atoms with E-state index in [4.69, 9.17) is 16.3 Å². The van der Waals surface area contributed by atoms with Gasteiger partial charge in [0.05, 0.1) is 22.9 Å². The van der Waals surface area contributed by atoms with Crippen molar-refractivity contribution in [1.82, 2.24) is 0 Å². The number of fused-ring (bicyclic) bond motifs is 1. The number of carbonyl (C=O) groups excluding carboxylic acids is 1. The molecular weight excluding hydrogens is 344 g/mol. The molecule has 4 nitrogen and oxygen atoms in total. The van der Waals surface area contributed by atoms with Crippen LogP contribution >= 0.6 is 23.5 Å². The van der Waals surface area contributed by atoms with Crippen LogP contribution in [-0.4, -0.2) is 19.7 Å². The fourth-order valence-electron chi connectivity index (χ4n) is 2.31. The number of hydrogen-bond donors (Lipinski definition) is 0. The number of hydrogen-bond acceptors (Lipinski definition) is 3. The molecule has 0 saturated heterocycles. The van der Waals surface area contributed by atoms with Gasteiger partial charge in [0.15, 0.2) is 0 Å². The second-order valence-corrected chi connectivity index (χ2v) is 7.46. The Hall–Kier alpha value is -1.85. The molecule has 1 aliphatic heterocycles. The quantitative estimate of drug-likeness (QED) is 0.677. The maximum absolute atomic E-state index is 12.7. The fourth-order valence-corrected chi connectivity index (χ4v) is 3.47. The minimum Gasteiger partial charge on any atom is -0.493 e. The van der Waals surface area contributed by atoms with E-state index in [0.717, 1.165) is 22.0 Å². The van der Waals surface area contributed by atoms with E-state index in [1.807, 2.05) is 30.3 Å². The Balaban J connectivity index is 1.87. The van der Waals surface area contributed by atoms with Crippen LogP contribution in [0.15, 0.2) is 47.4 Å². The van der Waals surface area contributed by atoms with Gasteiger partial charge in [0.2, 0.25) is 0 Å². The smallest absolute Gasteiger partial charge is 0.339 e. The molecule has 0 spiro atoms. The highest BCUT2D eigenvalue weighted by Crippen LogP contribution is 2.42. The van der Waals surface area contributed by atoms with E-state index in [2.05, 4.69) is 13.8 Å². The molecule has 0 aliphatic carbocycles. The molecule has 0 aromatic heterocycles. The highest BCUT2D eigenvalue weighted by atomic mass is 35.5. The minimum atomic E-state index is -0.101. The van der Waals surface area contributed by atoms with Crippen molar-refractivity contribution in [3.05, 3.63) is 47.5 Å². The van der Waals surface area contributed by atoms with Crippen molar-refractivity contribution in [3.8, 4) is 5.75 Å². The van der Waals surface area contributed by atoms with Crippen LogP contribution in [0.4, 0.5) is 16.2 Å². The number of benzene rings is 2. The molecule has 2 aromatic rings. The Kier molecular flexibility index (Phi) is 4.92. The lowest BCUT2D eigenvalue weighted by Crippen LogP contribution is -2.40. The first-order valence-corrected chi connectivity index (χ1v) is 8.89. The third-order valence-corrected chi connectivity index (χ3v) is 4.93. The summed E-state index contributed by atoms with van der Waals surface area (Å²) in [7, 11) is 1.77. The molecule has 0 unspecified atom stereocenters. The number of carbonyl (C=O) groups is 1. The van der Waals surface area contributed by atoms with Crippen LogP contribution < -0.4 is 13.9 Å². The summed E-state index contributed by atoms with van der Waals surface area (Å²) in [5.41, 5.74) is 1.66. The van der Waals surface area contributed by atoms with Gasteiger partial charge in [-0.25, -0.2) is 9.10 Å². The molecular formula is C18H19ClN2O2S. The van der Waals surface area contributed by atoms with Gasteiger partial charge in [-0.1, -0.05) is 25.4 Å². The van der Waals surface area contributed by atoms with Gasteiger partial charge in [-0.05, 0) is 54.3 Å². The number of anilines is 2. The second-order valence-electron chi connectivity index (χ2n) is 6.04. The molecule has 24 heavy (non-hydrogen) atoms. The number of ether oxygens (including phenoxy) is 1. The van der Waals surface area contributed by atoms with Gasteiger partial charge in [-0.3, -0.25) is 4.90 Å². The second kappa shape index (κ2) is 6.95. The summed E-state index contributed by atoms with van der Waals surface area (Å²) in [6.45, 7) is 4.86. The highest BCUT2D eigenvalue weighted by Gasteiger charge is 2.30. The predicted octanol–water partition coefficient (Wildman–Crippen LogP) is 5.46. The molecule has 126 valence electrons. The normalized spacial score (nSPS) is 14.1. The number of urea groups is 1. The van der Waals surface area contributed by atoms with Gasteiger partial charge in [0, 0.05) is 18.1 Å². The van der Waals surface area contributed by atoms with Crippen molar-refractivity contribution >= 4 is 41.0 Å². The van der Waals surface area contributed by atoms with Gasteiger partial charge < -0.3 is 4.74 Å². The summed E-state index contributed by atoms with van der Waals surface area (Å²) < 4.78 is 7.43. The van der Waals surface area contributed by atoms with Crippen LogP contribution in [0.1, 0.15) is 13.8 Å². The van der Waals surface area contributed by atoms with E-state index in [0.29, 0.717) is 17.5 Å². The van der Waals surface area contributed by atoms with E-state index in [1.54, 1.807) is 28.4 Å². The molecule has 3 rings (SSSR count). The Bertz CT molecular complexity index is 749. The molecule has 0 saturated carbocycles. The van der Waals surface area contributed by atoms with Crippen LogP contribution in [0.3, 0.4) is 0 Å².